The Labute approximate surface area is 103 Å². The molecule has 0 saturated carbocycles. The topological polar surface area (TPSA) is 44.1 Å². The highest BCUT2D eigenvalue weighted by Crippen LogP contribution is 2.11. The number of imidazole rings is 1. The largest absolute Gasteiger partial charge is 0.370 e. The smallest absolute Gasteiger partial charge is 0.226 e. The molecule has 0 N–H and O–H groups in total. The summed E-state index contributed by atoms with van der Waals surface area (Å²) in [5.41, 5.74) is 0. The van der Waals surface area contributed by atoms with Crippen molar-refractivity contribution in [1.82, 2.24) is 9.55 Å². The summed E-state index contributed by atoms with van der Waals surface area (Å²) in [6.45, 7) is 7.43. The predicted molar refractivity (Wildman–Crippen MR) is 67.2 cm³/mol. The average Bonchev–Trinajstić information content (AvgIpc) is 2.77. The van der Waals surface area contributed by atoms with Crippen LogP contribution in [0.25, 0.3) is 0 Å². The lowest BCUT2D eigenvalue weighted by Crippen LogP contribution is -2.27. The van der Waals surface area contributed by atoms with E-state index < -0.39 is 0 Å². The van der Waals surface area contributed by atoms with E-state index in [2.05, 4.69) is 18.8 Å². The third kappa shape index (κ3) is 3.66. The zero-order valence-corrected chi connectivity index (χ0v) is 11.0. The molecule has 0 amide bonds. The van der Waals surface area contributed by atoms with Crippen molar-refractivity contribution >= 4 is 5.78 Å². The lowest BCUT2D eigenvalue weighted by Gasteiger charge is -2.15. The highest BCUT2D eigenvalue weighted by Gasteiger charge is 2.23. The van der Waals surface area contributed by atoms with Gasteiger partial charge in [0.15, 0.2) is 5.82 Å². The van der Waals surface area contributed by atoms with Crippen molar-refractivity contribution < 1.29 is 9.53 Å². The Morgan fingerprint density at radius 3 is 2.76 bits per heavy atom. The van der Waals surface area contributed by atoms with Crippen molar-refractivity contribution in [3.05, 3.63) is 18.2 Å². The molecule has 4 nitrogen and oxygen atoms in total. The van der Waals surface area contributed by atoms with E-state index in [1.165, 1.54) is 0 Å². The Morgan fingerprint density at radius 2 is 2.18 bits per heavy atom. The molecule has 1 aromatic rings. The maximum absolute atomic E-state index is 12.3. The Bertz CT molecular complexity index is 341. The minimum Gasteiger partial charge on any atom is -0.370 e. The van der Waals surface area contributed by atoms with Gasteiger partial charge in [0, 0.05) is 25.5 Å². The van der Waals surface area contributed by atoms with Crippen molar-refractivity contribution in [2.75, 3.05) is 6.61 Å². The molecule has 17 heavy (non-hydrogen) atoms. The number of ketones is 1. The zero-order valence-electron chi connectivity index (χ0n) is 11.0. The first-order valence-electron chi connectivity index (χ1n) is 6.41. The molecule has 96 valence electrons. The Morgan fingerprint density at radius 1 is 1.41 bits per heavy atom. The van der Waals surface area contributed by atoms with Crippen LogP contribution in [0.4, 0.5) is 0 Å². The molecule has 1 unspecified atom stereocenters. The number of rotatable bonds is 8. The van der Waals surface area contributed by atoms with Gasteiger partial charge in [0.1, 0.15) is 6.10 Å². The minimum atomic E-state index is -0.344. The van der Waals surface area contributed by atoms with Crippen LogP contribution in [0.2, 0.25) is 0 Å². The van der Waals surface area contributed by atoms with Crippen LogP contribution in [0.3, 0.4) is 0 Å². The van der Waals surface area contributed by atoms with Crippen LogP contribution in [-0.2, 0) is 11.3 Å². The molecule has 0 fully saturated rings. The van der Waals surface area contributed by atoms with Crippen LogP contribution < -0.4 is 0 Å². The van der Waals surface area contributed by atoms with E-state index in [0.29, 0.717) is 12.4 Å². The van der Waals surface area contributed by atoms with Gasteiger partial charge in [-0.15, -0.1) is 0 Å². The number of nitrogens with zero attached hydrogens (tertiary/aromatic N) is 2. The van der Waals surface area contributed by atoms with E-state index >= 15 is 0 Å². The van der Waals surface area contributed by atoms with Gasteiger partial charge in [0.2, 0.25) is 5.78 Å². The van der Waals surface area contributed by atoms with Gasteiger partial charge in [-0.2, -0.15) is 0 Å². The first-order chi connectivity index (χ1) is 8.24. The van der Waals surface area contributed by atoms with E-state index in [4.69, 9.17) is 4.74 Å². The van der Waals surface area contributed by atoms with Gasteiger partial charge in [-0.25, -0.2) is 4.98 Å². The lowest BCUT2D eigenvalue weighted by atomic mass is 10.1. The van der Waals surface area contributed by atoms with Crippen molar-refractivity contribution in [2.24, 2.45) is 0 Å². The zero-order chi connectivity index (χ0) is 12.7. The summed E-state index contributed by atoms with van der Waals surface area (Å²) in [5, 5.41) is 0. The second-order valence-corrected chi connectivity index (χ2v) is 4.04. The van der Waals surface area contributed by atoms with Crippen molar-refractivity contribution in [2.45, 2.75) is 52.7 Å². The third-order valence-corrected chi connectivity index (χ3v) is 2.61. The minimum absolute atomic E-state index is 0.00662. The average molecular weight is 238 g/mol. The highest BCUT2D eigenvalue weighted by atomic mass is 16.5. The van der Waals surface area contributed by atoms with Gasteiger partial charge >= 0.3 is 0 Å². The summed E-state index contributed by atoms with van der Waals surface area (Å²) in [4.78, 5) is 16.4. The second kappa shape index (κ2) is 7.22. The van der Waals surface area contributed by atoms with Gasteiger partial charge in [-0.1, -0.05) is 20.3 Å². The number of aryl methyl sites for hydroxylation is 1. The van der Waals surface area contributed by atoms with E-state index in [9.17, 15) is 4.79 Å². The van der Waals surface area contributed by atoms with Gasteiger partial charge in [-0.05, 0) is 19.8 Å². The molecule has 0 aliphatic carbocycles. The van der Waals surface area contributed by atoms with Crippen LogP contribution in [-0.4, -0.2) is 28.0 Å². The number of carbonyl (C=O) groups excluding carboxylic acids is 1. The van der Waals surface area contributed by atoms with Crippen molar-refractivity contribution in [1.29, 1.82) is 0 Å². The van der Waals surface area contributed by atoms with Crippen LogP contribution in [0.1, 0.15) is 50.7 Å². The summed E-state index contributed by atoms with van der Waals surface area (Å²) < 4.78 is 7.40. The molecular weight excluding hydrogens is 216 g/mol. The van der Waals surface area contributed by atoms with Crippen LogP contribution >= 0.6 is 0 Å². The summed E-state index contributed by atoms with van der Waals surface area (Å²) in [7, 11) is 0. The standard InChI is InChI=1S/C13H22N2O2/c1-4-7-11(17-6-3)12(16)13-14-8-10-15(13)9-5-2/h8,10-11H,4-7,9H2,1-3H3. The highest BCUT2D eigenvalue weighted by molar-refractivity contribution is 5.96. The number of aromatic nitrogens is 2. The molecule has 0 aliphatic rings. The van der Waals surface area contributed by atoms with Crippen molar-refractivity contribution in [3.63, 3.8) is 0 Å². The van der Waals surface area contributed by atoms with Crippen molar-refractivity contribution in [3.8, 4) is 0 Å². The molecular formula is C13H22N2O2. The quantitative estimate of drug-likeness (QED) is 0.654. The molecule has 0 aliphatic heterocycles. The Hall–Kier alpha value is -1.16. The summed E-state index contributed by atoms with van der Waals surface area (Å²) in [5.74, 6) is 0.533. The van der Waals surface area contributed by atoms with Gasteiger partial charge < -0.3 is 9.30 Å². The van der Waals surface area contributed by atoms with Crippen LogP contribution in [0.5, 0.6) is 0 Å². The first kappa shape index (κ1) is 13.9. The molecule has 0 spiro atoms. The molecule has 1 heterocycles. The Kier molecular flexibility index (Phi) is 5.91. The van der Waals surface area contributed by atoms with E-state index in [1.807, 2.05) is 17.7 Å². The summed E-state index contributed by atoms with van der Waals surface area (Å²) in [6, 6.07) is 0. The van der Waals surface area contributed by atoms with Gasteiger partial charge in [-0.3, -0.25) is 4.79 Å². The van der Waals surface area contributed by atoms with E-state index in [0.717, 1.165) is 25.8 Å². The monoisotopic (exact) mass is 238 g/mol. The Balaban J connectivity index is 2.80. The van der Waals surface area contributed by atoms with Crippen LogP contribution in [0.15, 0.2) is 12.4 Å². The second-order valence-electron chi connectivity index (χ2n) is 4.04. The summed E-state index contributed by atoms with van der Waals surface area (Å²) in [6.07, 6.45) is 5.87. The fraction of sp³-hybridized carbons (Fsp3) is 0.692. The number of Topliss-reactive ketones (excluding diaryl/α,β-unsaturated/α-hetero) is 1. The fourth-order valence-electron chi connectivity index (χ4n) is 1.85. The predicted octanol–water partition coefficient (Wildman–Crippen LogP) is 2.68. The molecule has 0 radical (unpaired) electrons. The maximum Gasteiger partial charge on any atom is 0.226 e. The van der Waals surface area contributed by atoms with Crippen LogP contribution in [0, 0.1) is 0 Å². The molecule has 1 aromatic heterocycles. The normalized spacial score (nSPS) is 12.6. The maximum atomic E-state index is 12.3. The molecule has 1 atom stereocenters. The SMILES string of the molecule is CCCC(OCC)C(=O)c1nccn1CCC. The fourth-order valence-corrected chi connectivity index (χ4v) is 1.85. The third-order valence-electron chi connectivity index (χ3n) is 2.61. The molecule has 1 rings (SSSR count). The molecule has 0 bridgehead atoms. The molecule has 0 saturated heterocycles. The number of ether oxygens (including phenoxy) is 1. The molecule has 0 aromatic carbocycles. The van der Waals surface area contributed by atoms with E-state index in [-0.39, 0.29) is 11.9 Å². The lowest BCUT2D eigenvalue weighted by molar-refractivity contribution is 0.0410. The number of carbonyl (C=O) groups is 1. The van der Waals surface area contributed by atoms with Gasteiger partial charge in [0.25, 0.3) is 0 Å². The first-order valence-corrected chi connectivity index (χ1v) is 6.41. The number of hydrogen-bond acceptors (Lipinski definition) is 3. The summed E-state index contributed by atoms with van der Waals surface area (Å²) >= 11 is 0. The molecule has 4 heteroatoms. The van der Waals surface area contributed by atoms with E-state index in [1.54, 1.807) is 6.20 Å². The van der Waals surface area contributed by atoms with Gasteiger partial charge in [0.05, 0.1) is 0 Å². The number of hydrogen-bond donors (Lipinski definition) is 0.